The van der Waals surface area contributed by atoms with E-state index in [0.29, 0.717) is 28.0 Å². The molecule has 6 nitrogen and oxygen atoms in total. The summed E-state index contributed by atoms with van der Waals surface area (Å²) in [6, 6.07) is 23.4. The number of carboxylic acid groups (broad SMARTS) is 1. The van der Waals surface area contributed by atoms with E-state index in [9.17, 15) is 14.7 Å². The number of anilines is 3. The van der Waals surface area contributed by atoms with Gasteiger partial charge in [0.25, 0.3) is 0 Å². The Morgan fingerprint density at radius 1 is 0.871 bits per heavy atom. The lowest BCUT2D eigenvalue weighted by Crippen LogP contribution is -2.31. The number of nitrogens with one attached hydrogen (secondary N) is 1. The van der Waals surface area contributed by atoms with Crippen LogP contribution in [-0.4, -0.2) is 22.1 Å². The molecular weight excluding hydrogens is 390 g/mol. The number of amides is 2. The molecular formula is C25H21N3O3. The van der Waals surface area contributed by atoms with E-state index in [-0.39, 0.29) is 5.69 Å². The minimum Gasteiger partial charge on any atom is -0.477 e. The lowest BCUT2D eigenvalue weighted by Gasteiger charge is -2.24. The Kier molecular flexibility index (Phi) is 5.37. The molecule has 2 N–H and O–H groups in total. The fourth-order valence-corrected chi connectivity index (χ4v) is 3.67. The van der Waals surface area contributed by atoms with E-state index in [2.05, 4.69) is 10.3 Å². The Balaban J connectivity index is 1.83. The number of carboxylic acids is 1. The van der Waals surface area contributed by atoms with Gasteiger partial charge in [-0.05, 0) is 61.4 Å². The van der Waals surface area contributed by atoms with E-state index >= 15 is 0 Å². The molecule has 31 heavy (non-hydrogen) atoms. The second kappa shape index (κ2) is 8.28. The van der Waals surface area contributed by atoms with Crippen LogP contribution >= 0.6 is 0 Å². The number of urea groups is 1. The molecule has 0 fully saturated rings. The van der Waals surface area contributed by atoms with Crippen molar-refractivity contribution in [3.63, 3.8) is 0 Å². The van der Waals surface area contributed by atoms with Gasteiger partial charge in [-0.25, -0.2) is 14.6 Å². The lowest BCUT2D eigenvalue weighted by atomic mass is 10.0. The highest BCUT2D eigenvalue weighted by atomic mass is 16.4. The smallest absolute Gasteiger partial charge is 0.354 e. The summed E-state index contributed by atoms with van der Waals surface area (Å²) in [5.74, 6) is -1.15. The summed E-state index contributed by atoms with van der Waals surface area (Å²) in [6.07, 6.45) is 0. The van der Waals surface area contributed by atoms with Gasteiger partial charge in [0.15, 0.2) is 5.69 Å². The van der Waals surface area contributed by atoms with Crippen molar-refractivity contribution in [1.29, 1.82) is 0 Å². The predicted molar refractivity (Wildman–Crippen MR) is 122 cm³/mol. The molecule has 0 unspecified atom stereocenters. The molecule has 154 valence electrons. The second-order valence-corrected chi connectivity index (χ2v) is 7.27. The van der Waals surface area contributed by atoms with E-state index in [1.165, 1.54) is 6.07 Å². The molecule has 1 heterocycles. The minimum atomic E-state index is -1.15. The van der Waals surface area contributed by atoms with Crippen molar-refractivity contribution in [2.45, 2.75) is 13.8 Å². The molecule has 0 aliphatic carbocycles. The van der Waals surface area contributed by atoms with Crippen LogP contribution in [0.5, 0.6) is 0 Å². The van der Waals surface area contributed by atoms with Gasteiger partial charge in [-0.15, -0.1) is 0 Å². The van der Waals surface area contributed by atoms with Crippen molar-refractivity contribution < 1.29 is 14.7 Å². The largest absolute Gasteiger partial charge is 0.477 e. The Morgan fingerprint density at radius 3 is 2.00 bits per heavy atom. The molecule has 0 saturated heterocycles. The van der Waals surface area contributed by atoms with Crippen molar-refractivity contribution >= 4 is 40.0 Å². The van der Waals surface area contributed by atoms with Crippen LogP contribution < -0.4 is 10.2 Å². The molecule has 0 bridgehead atoms. The quantitative estimate of drug-likeness (QED) is 0.437. The summed E-state index contributed by atoms with van der Waals surface area (Å²) in [7, 11) is 0. The van der Waals surface area contributed by atoms with Gasteiger partial charge in [0.05, 0.1) is 22.6 Å². The standard InChI is InChI=1S/C25H21N3O3/c1-16-13-17(2)23-20(14-16)26-22(24(29)30)15-21(23)27-25(31)28(18-9-5-3-6-10-18)19-11-7-4-8-12-19/h3-15H,1-2H3,(H,29,30)(H,26,27,31). The third-order valence-corrected chi connectivity index (χ3v) is 4.94. The van der Waals surface area contributed by atoms with Crippen molar-refractivity contribution in [2.75, 3.05) is 10.2 Å². The number of hydrogen-bond donors (Lipinski definition) is 2. The Hall–Kier alpha value is -4.19. The van der Waals surface area contributed by atoms with Gasteiger partial charge in [0.1, 0.15) is 0 Å². The van der Waals surface area contributed by atoms with Crippen LogP contribution in [0.4, 0.5) is 21.9 Å². The Labute approximate surface area is 179 Å². The number of fused-ring (bicyclic) bond motifs is 1. The lowest BCUT2D eigenvalue weighted by molar-refractivity contribution is 0.0691. The molecule has 2 amide bonds. The summed E-state index contributed by atoms with van der Waals surface area (Å²) in [5, 5.41) is 13.2. The molecule has 4 rings (SSSR count). The molecule has 3 aromatic carbocycles. The molecule has 0 aliphatic heterocycles. The summed E-state index contributed by atoms with van der Waals surface area (Å²) in [4.78, 5) is 30.9. The molecule has 6 heteroatoms. The van der Waals surface area contributed by atoms with Crippen LogP contribution in [-0.2, 0) is 0 Å². The molecule has 0 saturated carbocycles. The van der Waals surface area contributed by atoms with Crippen molar-refractivity contribution in [3.05, 3.63) is 95.7 Å². The number of carbonyl (C=O) groups is 2. The molecule has 0 aliphatic rings. The number of para-hydroxylation sites is 2. The Bertz CT molecular complexity index is 1230. The van der Waals surface area contributed by atoms with E-state index in [4.69, 9.17) is 0 Å². The molecule has 0 spiro atoms. The first-order valence-corrected chi connectivity index (χ1v) is 9.80. The number of nitrogens with zero attached hydrogens (tertiary/aromatic N) is 2. The monoisotopic (exact) mass is 411 g/mol. The van der Waals surface area contributed by atoms with Gasteiger partial charge in [-0.2, -0.15) is 0 Å². The fourth-order valence-electron chi connectivity index (χ4n) is 3.67. The molecule has 0 atom stereocenters. The van der Waals surface area contributed by atoms with E-state index in [0.717, 1.165) is 11.1 Å². The number of benzene rings is 3. The van der Waals surface area contributed by atoms with Crippen LogP contribution in [0.25, 0.3) is 10.9 Å². The maximum absolute atomic E-state index is 13.5. The van der Waals surface area contributed by atoms with Gasteiger partial charge in [0, 0.05) is 5.39 Å². The van der Waals surface area contributed by atoms with Gasteiger partial charge >= 0.3 is 12.0 Å². The SMILES string of the molecule is Cc1cc(C)c2c(NC(=O)N(c3ccccc3)c3ccccc3)cc(C(=O)O)nc2c1. The van der Waals surface area contributed by atoms with Gasteiger partial charge in [-0.1, -0.05) is 42.5 Å². The molecule has 1 aromatic heterocycles. The van der Waals surface area contributed by atoms with Gasteiger partial charge < -0.3 is 10.4 Å². The average molecular weight is 411 g/mol. The number of pyridine rings is 1. The number of aryl methyl sites for hydroxylation is 2. The maximum atomic E-state index is 13.5. The van der Waals surface area contributed by atoms with Gasteiger partial charge in [0.2, 0.25) is 0 Å². The second-order valence-electron chi connectivity index (χ2n) is 7.27. The van der Waals surface area contributed by atoms with Crippen molar-refractivity contribution in [1.82, 2.24) is 4.98 Å². The summed E-state index contributed by atoms with van der Waals surface area (Å²) < 4.78 is 0. The normalized spacial score (nSPS) is 10.6. The van der Waals surface area contributed by atoms with E-state index in [1.54, 1.807) is 4.90 Å². The fraction of sp³-hybridized carbons (Fsp3) is 0.0800. The van der Waals surface area contributed by atoms with Crippen molar-refractivity contribution in [3.8, 4) is 0 Å². The number of hydrogen-bond acceptors (Lipinski definition) is 3. The van der Waals surface area contributed by atoms with Gasteiger partial charge in [-0.3, -0.25) is 4.90 Å². The van der Waals surface area contributed by atoms with Crippen LogP contribution in [0.15, 0.2) is 78.9 Å². The number of aromatic nitrogens is 1. The zero-order chi connectivity index (χ0) is 22.0. The number of carbonyl (C=O) groups excluding carboxylic acids is 1. The summed E-state index contributed by atoms with van der Waals surface area (Å²) in [6.45, 7) is 3.84. The van der Waals surface area contributed by atoms with Crippen LogP contribution in [0, 0.1) is 13.8 Å². The zero-order valence-corrected chi connectivity index (χ0v) is 17.2. The van der Waals surface area contributed by atoms with Crippen molar-refractivity contribution in [2.24, 2.45) is 0 Å². The molecule has 4 aromatic rings. The minimum absolute atomic E-state index is 0.126. The van der Waals surface area contributed by atoms with Crippen LogP contribution in [0.3, 0.4) is 0 Å². The predicted octanol–water partition coefficient (Wildman–Crippen LogP) is 5.92. The number of rotatable bonds is 4. The maximum Gasteiger partial charge on any atom is 0.354 e. The first-order chi connectivity index (χ1) is 14.9. The first kappa shape index (κ1) is 20.1. The Morgan fingerprint density at radius 2 is 1.45 bits per heavy atom. The van der Waals surface area contributed by atoms with Crippen LogP contribution in [0.1, 0.15) is 21.6 Å². The first-order valence-electron chi connectivity index (χ1n) is 9.80. The van der Waals surface area contributed by atoms with E-state index in [1.807, 2.05) is 86.6 Å². The molecule has 0 radical (unpaired) electrons. The highest BCUT2D eigenvalue weighted by molar-refractivity contribution is 6.11. The highest BCUT2D eigenvalue weighted by Gasteiger charge is 2.21. The summed E-state index contributed by atoms with van der Waals surface area (Å²) >= 11 is 0. The number of aromatic carboxylic acids is 1. The topological polar surface area (TPSA) is 82.5 Å². The average Bonchev–Trinajstić information content (AvgIpc) is 2.74. The third kappa shape index (κ3) is 4.09. The highest BCUT2D eigenvalue weighted by Crippen LogP contribution is 2.31. The van der Waals surface area contributed by atoms with Crippen LogP contribution in [0.2, 0.25) is 0 Å². The third-order valence-electron chi connectivity index (χ3n) is 4.94. The summed E-state index contributed by atoms with van der Waals surface area (Å²) in [5.41, 5.74) is 4.05. The van der Waals surface area contributed by atoms with E-state index < -0.39 is 12.0 Å². The zero-order valence-electron chi connectivity index (χ0n) is 17.2.